The van der Waals surface area contributed by atoms with Crippen LogP contribution >= 0.6 is 0 Å². The van der Waals surface area contributed by atoms with Gasteiger partial charge in [0.15, 0.2) is 0 Å². The van der Waals surface area contributed by atoms with Crippen molar-refractivity contribution in [3.8, 4) is 0 Å². The first-order chi connectivity index (χ1) is 10.1. The van der Waals surface area contributed by atoms with E-state index in [4.69, 9.17) is 0 Å². The summed E-state index contributed by atoms with van der Waals surface area (Å²) in [5, 5.41) is 15.6. The van der Waals surface area contributed by atoms with Gasteiger partial charge in [0.25, 0.3) is 0 Å². The molecule has 2 rings (SSSR count). The zero-order chi connectivity index (χ0) is 15.1. The molecule has 2 aromatic rings. The number of hydrogen-bond donors (Lipinski definition) is 2. The van der Waals surface area contributed by atoms with Crippen LogP contribution in [0.3, 0.4) is 0 Å². The molecule has 1 aromatic heterocycles. The van der Waals surface area contributed by atoms with Crippen LogP contribution in [0.15, 0.2) is 43.0 Å². The molecule has 0 aliphatic heterocycles. The van der Waals surface area contributed by atoms with Gasteiger partial charge >= 0.3 is 5.97 Å². The number of benzene rings is 1. The fraction of sp³-hybridized carbons (Fsp3) is 0.286. The molecule has 0 aliphatic carbocycles. The van der Waals surface area contributed by atoms with E-state index in [9.17, 15) is 14.7 Å². The molecule has 7 heteroatoms. The zero-order valence-corrected chi connectivity index (χ0v) is 11.3. The molecule has 0 aliphatic rings. The molecule has 1 unspecified atom stereocenters. The normalized spacial score (nSPS) is 11.8. The van der Waals surface area contributed by atoms with Crippen molar-refractivity contribution in [2.75, 3.05) is 0 Å². The van der Waals surface area contributed by atoms with Crippen molar-refractivity contribution in [1.82, 2.24) is 20.1 Å². The maximum absolute atomic E-state index is 11.8. The third-order valence-corrected chi connectivity index (χ3v) is 2.95. The number of carboxylic acid groups (broad SMARTS) is 1. The van der Waals surface area contributed by atoms with Crippen LogP contribution in [0.25, 0.3) is 0 Å². The Hall–Kier alpha value is -2.70. The Bertz CT molecular complexity index is 584. The van der Waals surface area contributed by atoms with Crippen molar-refractivity contribution in [3.05, 3.63) is 48.5 Å². The summed E-state index contributed by atoms with van der Waals surface area (Å²) < 4.78 is 1.52. The molecular weight excluding hydrogens is 272 g/mol. The number of aryl methyl sites for hydroxylation is 1. The number of aromatic nitrogens is 3. The first-order valence-electron chi connectivity index (χ1n) is 6.53. The lowest BCUT2D eigenvalue weighted by molar-refractivity contribution is -0.141. The smallest absolute Gasteiger partial charge is 0.326 e. The molecule has 110 valence electrons. The third-order valence-electron chi connectivity index (χ3n) is 2.95. The van der Waals surface area contributed by atoms with Crippen LogP contribution in [0.2, 0.25) is 0 Å². The van der Waals surface area contributed by atoms with Crippen LogP contribution in [-0.4, -0.2) is 37.8 Å². The lowest BCUT2D eigenvalue weighted by Gasteiger charge is -2.14. The van der Waals surface area contributed by atoms with Gasteiger partial charge in [0.2, 0.25) is 5.91 Å². The minimum absolute atomic E-state index is 0.155. The van der Waals surface area contributed by atoms with Gasteiger partial charge in [0, 0.05) is 12.8 Å². The molecule has 1 amide bonds. The number of rotatable bonds is 7. The van der Waals surface area contributed by atoms with E-state index in [-0.39, 0.29) is 18.7 Å². The van der Waals surface area contributed by atoms with Crippen molar-refractivity contribution >= 4 is 11.9 Å². The molecule has 0 fully saturated rings. The summed E-state index contributed by atoms with van der Waals surface area (Å²) in [4.78, 5) is 26.8. The standard InChI is InChI=1S/C14H16N4O3/c19-13(6-7-18-10-15-9-16-18)17-12(14(20)21)8-11-4-2-1-3-5-11/h1-5,9-10,12H,6-8H2,(H,17,19)(H,20,21). The van der Waals surface area contributed by atoms with Crippen molar-refractivity contribution in [1.29, 1.82) is 0 Å². The Kier molecular flexibility index (Phi) is 5.03. The quantitative estimate of drug-likeness (QED) is 0.772. The summed E-state index contributed by atoms with van der Waals surface area (Å²) in [6.45, 7) is 0.365. The van der Waals surface area contributed by atoms with E-state index in [2.05, 4.69) is 15.4 Å². The summed E-state index contributed by atoms with van der Waals surface area (Å²) >= 11 is 0. The van der Waals surface area contributed by atoms with Gasteiger partial charge in [0.05, 0.1) is 6.54 Å². The van der Waals surface area contributed by atoms with Crippen molar-refractivity contribution in [2.24, 2.45) is 0 Å². The molecule has 7 nitrogen and oxygen atoms in total. The highest BCUT2D eigenvalue weighted by Crippen LogP contribution is 2.04. The SMILES string of the molecule is O=C(CCn1cncn1)NC(Cc1ccccc1)C(=O)O. The Balaban J connectivity index is 1.87. The van der Waals surface area contributed by atoms with E-state index in [1.54, 1.807) is 0 Å². The van der Waals surface area contributed by atoms with Gasteiger partial charge in [-0.2, -0.15) is 5.10 Å². The largest absolute Gasteiger partial charge is 0.480 e. The monoisotopic (exact) mass is 288 g/mol. The van der Waals surface area contributed by atoms with Gasteiger partial charge in [0.1, 0.15) is 18.7 Å². The highest BCUT2D eigenvalue weighted by molar-refractivity contribution is 5.83. The average Bonchev–Trinajstić information content (AvgIpc) is 2.99. The molecule has 1 heterocycles. The summed E-state index contributed by atoms with van der Waals surface area (Å²) in [6.07, 6.45) is 3.30. The average molecular weight is 288 g/mol. The van der Waals surface area contributed by atoms with E-state index in [0.717, 1.165) is 5.56 Å². The first kappa shape index (κ1) is 14.7. The van der Waals surface area contributed by atoms with Crippen LogP contribution in [0, 0.1) is 0 Å². The summed E-state index contributed by atoms with van der Waals surface area (Å²) in [7, 11) is 0. The molecule has 0 bridgehead atoms. The summed E-state index contributed by atoms with van der Waals surface area (Å²) in [5.74, 6) is -1.37. The second-order valence-corrected chi connectivity index (χ2v) is 4.56. The number of carboxylic acids is 1. The number of nitrogens with one attached hydrogen (secondary N) is 1. The lowest BCUT2D eigenvalue weighted by atomic mass is 10.1. The van der Waals surface area contributed by atoms with Crippen molar-refractivity contribution in [2.45, 2.75) is 25.4 Å². The van der Waals surface area contributed by atoms with Crippen LogP contribution in [-0.2, 0) is 22.6 Å². The number of hydrogen-bond acceptors (Lipinski definition) is 4. The Morgan fingerprint density at radius 3 is 2.67 bits per heavy atom. The Morgan fingerprint density at radius 2 is 2.05 bits per heavy atom. The number of nitrogens with zero attached hydrogens (tertiary/aromatic N) is 3. The van der Waals surface area contributed by atoms with Crippen LogP contribution in [0.4, 0.5) is 0 Å². The molecule has 0 saturated carbocycles. The molecule has 21 heavy (non-hydrogen) atoms. The minimum Gasteiger partial charge on any atom is -0.480 e. The van der Waals surface area contributed by atoms with E-state index >= 15 is 0 Å². The number of carbonyl (C=O) groups is 2. The van der Waals surface area contributed by atoms with E-state index in [1.807, 2.05) is 30.3 Å². The molecular formula is C14H16N4O3. The fourth-order valence-corrected chi connectivity index (χ4v) is 1.88. The molecule has 0 radical (unpaired) electrons. The van der Waals surface area contributed by atoms with Crippen molar-refractivity contribution < 1.29 is 14.7 Å². The van der Waals surface area contributed by atoms with E-state index in [1.165, 1.54) is 17.3 Å². The van der Waals surface area contributed by atoms with Gasteiger partial charge in [-0.25, -0.2) is 9.78 Å². The zero-order valence-electron chi connectivity index (χ0n) is 11.3. The van der Waals surface area contributed by atoms with Gasteiger partial charge in [-0.15, -0.1) is 0 Å². The van der Waals surface area contributed by atoms with E-state index < -0.39 is 12.0 Å². The minimum atomic E-state index is -1.05. The second kappa shape index (κ2) is 7.18. The number of carbonyl (C=O) groups excluding carboxylic acids is 1. The van der Waals surface area contributed by atoms with Gasteiger partial charge < -0.3 is 10.4 Å². The topological polar surface area (TPSA) is 97.1 Å². The highest BCUT2D eigenvalue weighted by atomic mass is 16.4. The maximum Gasteiger partial charge on any atom is 0.326 e. The van der Waals surface area contributed by atoms with Crippen LogP contribution in [0.1, 0.15) is 12.0 Å². The molecule has 0 spiro atoms. The maximum atomic E-state index is 11.8. The van der Waals surface area contributed by atoms with Gasteiger partial charge in [-0.3, -0.25) is 9.48 Å². The Morgan fingerprint density at radius 1 is 1.29 bits per heavy atom. The Labute approximate surface area is 121 Å². The van der Waals surface area contributed by atoms with Crippen molar-refractivity contribution in [3.63, 3.8) is 0 Å². The molecule has 0 saturated heterocycles. The number of amides is 1. The number of aliphatic carboxylic acids is 1. The summed E-state index contributed by atoms with van der Waals surface area (Å²) in [5.41, 5.74) is 0.862. The first-order valence-corrected chi connectivity index (χ1v) is 6.53. The predicted octanol–water partition coefficient (Wildman–Crippen LogP) is 0.480. The van der Waals surface area contributed by atoms with Gasteiger partial charge in [-0.05, 0) is 5.56 Å². The third kappa shape index (κ3) is 4.72. The predicted molar refractivity (Wildman–Crippen MR) is 74.4 cm³/mol. The van der Waals surface area contributed by atoms with E-state index in [0.29, 0.717) is 6.54 Å². The van der Waals surface area contributed by atoms with Crippen LogP contribution in [0.5, 0.6) is 0 Å². The molecule has 2 N–H and O–H groups in total. The molecule has 1 aromatic carbocycles. The fourth-order valence-electron chi connectivity index (χ4n) is 1.88. The van der Waals surface area contributed by atoms with Gasteiger partial charge in [-0.1, -0.05) is 30.3 Å². The molecule has 1 atom stereocenters. The second-order valence-electron chi connectivity index (χ2n) is 4.56. The van der Waals surface area contributed by atoms with Crippen LogP contribution < -0.4 is 5.32 Å². The highest BCUT2D eigenvalue weighted by Gasteiger charge is 2.20. The summed E-state index contributed by atoms with van der Waals surface area (Å²) in [6, 6.07) is 8.25. The lowest BCUT2D eigenvalue weighted by Crippen LogP contribution is -2.42.